The Bertz CT molecular complexity index is 2710. The van der Waals surface area contributed by atoms with Crippen LogP contribution in [-0.4, -0.2) is 485 Å². The van der Waals surface area contributed by atoms with Gasteiger partial charge in [-0.2, -0.15) is 0 Å². The first-order valence-corrected chi connectivity index (χ1v) is 33.7. The zero-order chi connectivity index (χ0) is 77.9. The first kappa shape index (κ1) is 87.2. The maximum atomic E-state index is 12.9. The van der Waals surface area contributed by atoms with Crippen molar-refractivity contribution >= 4 is 11.8 Å². The molecular weight excluding hydrogens is 1460 g/mol. The van der Waals surface area contributed by atoms with Crippen LogP contribution in [0.5, 0.6) is 0 Å². The van der Waals surface area contributed by atoms with E-state index in [1.165, 1.54) is 0 Å². The average Bonchev–Trinajstić information content (AvgIpc) is 0.772. The number of rotatable bonds is 27. The highest BCUT2D eigenvalue weighted by Gasteiger charge is 2.60. The molecule has 9 aliphatic rings. The third-order valence-corrected chi connectivity index (χ3v) is 19.5. The quantitative estimate of drug-likeness (QED) is 0.0363. The molecule has 0 spiro atoms. The van der Waals surface area contributed by atoms with Crippen molar-refractivity contribution in [3.63, 3.8) is 0 Å². The summed E-state index contributed by atoms with van der Waals surface area (Å²) in [6.07, 6.45) is -90.8. The Balaban J connectivity index is 1.06. The molecule has 0 aliphatic carbocycles. The summed E-state index contributed by atoms with van der Waals surface area (Å²) in [6.45, 7) is -7.74. The van der Waals surface area contributed by atoms with E-state index in [-0.39, 0.29) is 0 Å². The van der Waals surface area contributed by atoms with Crippen molar-refractivity contribution in [2.24, 2.45) is 0 Å². The van der Waals surface area contributed by atoms with Crippen LogP contribution in [0, 0.1) is 0 Å². The van der Waals surface area contributed by atoms with Crippen LogP contribution >= 0.6 is 0 Å². The largest absolute Gasteiger partial charge is 0.394 e. The van der Waals surface area contributed by atoms with Crippen molar-refractivity contribution < 1.29 is 228 Å². The Kier molecular flexibility index (Phi) is 31.1. The van der Waals surface area contributed by atoms with Gasteiger partial charge in [-0.1, -0.05) is 0 Å². The van der Waals surface area contributed by atoms with Crippen LogP contribution in [0.15, 0.2) is 0 Å². The minimum Gasteiger partial charge on any atom is -0.394 e. The fourth-order valence-corrected chi connectivity index (χ4v) is 13.5. The van der Waals surface area contributed by atoms with E-state index in [9.17, 15) is 147 Å². The van der Waals surface area contributed by atoms with Crippen LogP contribution in [0.3, 0.4) is 0 Å². The standard InChI is InChI=1S/C58H98N2O46/c1-12(68)59-23-32(77)44(19(8-66)92-50(23)89)101-51-24(60-13(2)69)33(78)45(20(9-67)98-51)102-56-43(88)47(104-57-49(38(83)29(74)17(6-64)96-57)106-58-48(37(82)28(73)18(7-65)97-58)105-55-41(86)36(81)27(72)16(5-63)95-55)31(76)22(100-56)11-91-53-42(87)46(103-54-40(85)35(80)26(71)15(4-62)94-54)30(75)21(99-53)10-90-52-39(84)34(79)25(70)14(3-61)93-52/h14-58,61-67,70-89H,3-11H2,1-2H3,(H,59,68)(H,60,69)/t14-,15-,16-,17-,18-,19-,20-,21-,22-,23-,24-,25-,26-,27-,28-,29-,30-,31-,32-,33-,34+,35+,36+,37+,38+,39+,40+,41+,42+,43+,44-,45-,46+,47+,48+,49+,50?,51+,52+,53-,54-,55-,56+,57-,58-/m1/s1. The van der Waals surface area contributed by atoms with E-state index in [0.717, 1.165) is 13.8 Å². The van der Waals surface area contributed by atoms with Gasteiger partial charge in [-0.25, -0.2) is 0 Å². The van der Waals surface area contributed by atoms with Crippen LogP contribution < -0.4 is 10.6 Å². The zero-order valence-corrected chi connectivity index (χ0v) is 56.2. The molecule has 616 valence electrons. The van der Waals surface area contributed by atoms with Gasteiger partial charge in [0.25, 0.3) is 0 Å². The molecule has 9 fully saturated rings. The Labute approximate surface area is 598 Å². The number of aliphatic hydroxyl groups is 27. The topological polar surface area (TPSA) is 761 Å². The Morgan fingerprint density at radius 2 is 0.509 bits per heavy atom. The smallest absolute Gasteiger partial charge is 0.217 e. The Morgan fingerprint density at radius 3 is 0.925 bits per heavy atom. The summed E-state index contributed by atoms with van der Waals surface area (Å²) in [4.78, 5) is 25.1. The molecule has 2 amide bonds. The van der Waals surface area contributed by atoms with Gasteiger partial charge in [0, 0.05) is 13.8 Å². The third-order valence-electron chi connectivity index (χ3n) is 19.5. The maximum Gasteiger partial charge on any atom is 0.217 e. The Hall–Kier alpha value is -2.82. The lowest BCUT2D eigenvalue weighted by atomic mass is 9.94. The van der Waals surface area contributed by atoms with Crippen molar-refractivity contribution in [2.45, 2.75) is 290 Å². The summed E-state index contributed by atoms with van der Waals surface area (Å²) < 4.78 is 98.9. The van der Waals surface area contributed by atoms with Gasteiger partial charge in [0.2, 0.25) is 11.8 Å². The van der Waals surface area contributed by atoms with Gasteiger partial charge in [0.15, 0.2) is 56.6 Å². The fraction of sp³-hybridized carbons (Fsp3) is 0.966. The maximum absolute atomic E-state index is 12.9. The van der Waals surface area contributed by atoms with Gasteiger partial charge < -0.3 is 229 Å². The molecule has 0 aromatic carbocycles. The second-order valence-corrected chi connectivity index (χ2v) is 26.7. The van der Waals surface area contributed by atoms with Crippen molar-refractivity contribution in [1.82, 2.24) is 10.6 Å². The molecule has 0 radical (unpaired) electrons. The van der Waals surface area contributed by atoms with Gasteiger partial charge in [-0.05, 0) is 0 Å². The zero-order valence-electron chi connectivity index (χ0n) is 56.2. The lowest BCUT2D eigenvalue weighted by Gasteiger charge is -2.51. The summed E-state index contributed by atoms with van der Waals surface area (Å²) in [7, 11) is 0. The van der Waals surface area contributed by atoms with Crippen LogP contribution in [0.2, 0.25) is 0 Å². The van der Waals surface area contributed by atoms with E-state index in [1.54, 1.807) is 0 Å². The molecule has 9 rings (SSSR count). The molecule has 1 unspecified atom stereocenters. The number of hydrogen-bond acceptors (Lipinski definition) is 46. The molecule has 0 aromatic rings. The SMILES string of the molecule is CC(=O)N[C@H]1[C@H](O[C@H]2[C@H](O)[C@@H](NC(C)=O)C(O)O[C@@H]2CO)O[C@H](CO)[C@@H](O[C@@H]2O[C@H](CO[C@@H]3O[C@H](CO[C@H]4O[C@H](CO)[C@@H](O)[C@H](O)[C@@H]4O)[C@@H](O)[C@H](O[C@H]4O[C@H](CO)[C@@H](O)[C@H](O)[C@@H]4O)[C@@H]3O)[C@@H](O)[C@H](O[C@H]3O[C@H](CO)[C@@H](O)[C@H](O)[C@@H]3O[C@H]3O[C@H](CO)[C@@H](O)[C@H](O)[C@@H]3O[C@H]3O[C@H](CO)[C@@H](O)[C@H](O)[C@@H]3O)[C@@H]2O)[C@@H]1O. The van der Waals surface area contributed by atoms with E-state index in [2.05, 4.69) is 10.6 Å². The second-order valence-electron chi connectivity index (χ2n) is 26.7. The lowest BCUT2D eigenvalue weighted by molar-refractivity contribution is -0.408. The number of nitrogens with one attached hydrogen (secondary N) is 2. The van der Waals surface area contributed by atoms with E-state index in [1.807, 2.05) is 0 Å². The van der Waals surface area contributed by atoms with Gasteiger partial charge in [-0.15, -0.1) is 0 Å². The van der Waals surface area contributed by atoms with E-state index >= 15 is 0 Å². The monoisotopic (exact) mass is 1560 g/mol. The molecule has 0 aromatic heterocycles. The highest BCUT2D eigenvalue weighted by atomic mass is 16.8. The first-order valence-electron chi connectivity index (χ1n) is 33.7. The summed E-state index contributed by atoms with van der Waals surface area (Å²) in [5.41, 5.74) is 0. The molecule has 9 heterocycles. The normalized spacial score (nSPS) is 51.2. The summed E-state index contributed by atoms with van der Waals surface area (Å²) in [5, 5.41) is 301. The summed E-state index contributed by atoms with van der Waals surface area (Å²) in [6, 6.07) is -3.57. The van der Waals surface area contributed by atoms with Crippen LogP contribution in [0.25, 0.3) is 0 Å². The molecule has 45 atom stereocenters. The highest BCUT2D eigenvalue weighted by Crippen LogP contribution is 2.40. The molecule has 106 heavy (non-hydrogen) atoms. The molecule has 48 nitrogen and oxygen atoms in total. The second kappa shape index (κ2) is 37.9. The number of ether oxygens (including phenoxy) is 17. The average molecular weight is 1560 g/mol. The Morgan fingerprint density at radius 1 is 0.245 bits per heavy atom. The molecule has 9 aliphatic heterocycles. The van der Waals surface area contributed by atoms with Gasteiger partial charge in [0.1, 0.15) is 220 Å². The van der Waals surface area contributed by atoms with Gasteiger partial charge in [-0.3, -0.25) is 9.59 Å². The predicted octanol–water partition coefficient (Wildman–Crippen LogP) is -20.3. The van der Waals surface area contributed by atoms with E-state index in [4.69, 9.17) is 80.5 Å². The number of aliphatic hydroxyl groups excluding tert-OH is 27. The fourth-order valence-electron chi connectivity index (χ4n) is 13.5. The van der Waals surface area contributed by atoms with E-state index in [0.29, 0.717) is 0 Å². The molecular formula is C58H98N2O46. The summed E-state index contributed by atoms with van der Waals surface area (Å²) >= 11 is 0. The molecule has 0 saturated carbocycles. The van der Waals surface area contributed by atoms with Crippen molar-refractivity contribution in [3.05, 3.63) is 0 Å². The predicted molar refractivity (Wildman–Crippen MR) is 320 cm³/mol. The van der Waals surface area contributed by atoms with E-state index < -0.39 is 348 Å². The van der Waals surface area contributed by atoms with Gasteiger partial charge in [0.05, 0.1) is 59.5 Å². The number of amides is 2. The van der Waals surface area contributed by atoms with Crippen LogP contribution in [0.4, 0.5) is 0 Å². The minimum absolute atomic E-state index is 0.788. The van der Waals surface area contributed by atoms with Crippen LogP contribution in [0.1, 0.15) is 13.8 Å². The van der Waals surface area contributed by atoms with Crippen molar-refractivity contribution in [1.29, 1.82) is 0 Å². The van der Waals surface area contributed by atoms with Crippen molar-refractivity contribution in [2.75, 3.05) is 59.5 Å². The third kappa shape index (κ3) is 18.7. The molecule has 48 heteroatoms. The summed E-state index contributed by atoms with van der Waals surface area (Å²) in [5.74, 6) is -1.73. The number of hydrogen-bond donors (Lipinski definition) is 29. The molecule has 9 saturated heterocycles. The first-order chi connectivity index (χ1) is 50.2. The molecule has 0 bridgehead atoms. The molecule has 29 N–H and O–H groups in total. The number of carbonyl (C=O) groups excluding carboxylic acids is 2. The minimum atomic E-state index is -2.58. The van der Waals surface area contributed by atoms with Crippen molar-refractivity contribution in [3.8, 4) is 0 Å². The highest BCUT2D eigenvalue weighted by molar-refractivity contribution is 5.73. The van der Waals surface area contributed by atoms with Gasteiger partial charge >= 0.3 is 0 Å². The van der Waals surface area contributed by atoms with Crippen LogP contribution in [-0.2, 0) is 90.1 Å². The number of carbonyl (C=O) groups is 2. The lowest BCUT2D eigenvalue weighted by Crippen LogP contribution is -2.70.